The highest BCUT2D eigenvalue weighted by molar-refractivity contribution is 7.66. The molecule has 1 aliphatic heterocycles. The number of aromatic nitrogens is 2. The normalized spacial score (nSPS) is 27.2. The van der Waals surface area contributed by atoms with Crippen LogP contribution in [0.2, 0.25) is 0 Å². The first kappa shape index (κ1) is 28.0. The van der Waals surface area contributed by atoms with E-state index in [4.69, 9.17) is 25.2 Å². The number of ether oxygens (including phenoxy) is 1. The van der Waals surface area contributed by atoms with Gasteiger partial charge in [-0.15, -0.1) is 0 Å². The molecule has 0 amide bonds. The zero-order valence-corrected chi connectivity index (χ0v) is 19.4. The van der Waals surface area contributed by atoms with E-state index in [1.54, 1.807) is 6.92 Å². The van der Waals surface area contributed by atoms with Crippen LogP contribution in [0.1, 0.15) is 19.6 Å². The molecule has 18 nitrogen and oxygen atoms in total. The number of anilines is 1. The van der Waals surface area contributed by atoms with Crippen molar-refractivity contribution in [3.8, 4) is 0 Å². The topological polar surface area (TPSA) is 280 Å². The van der Waals surface area contributed by atoms with E-state index in [1.165, 1.54) is 0 Å². The molecule has 21 heteroatoms. The summed E-state index contributed by atoms with van der Waals surface area (Å²) in [4.78, 5) is 60.2. The lowest BCUT2D eigenvalue weighted by atomic mass is 10.1. The van der Waals surface area contributed by atoms with Gasteiger partial charge in [0.05, 0.1) is 6.61 Å². The van der Waals surface area contributed by atoms with Crippen LogP contribution in [0.25, 0.3) is 0 Å². The molecule has 6 atom stereocenters. The monoisotopic (exact) mass is 541 g/mol. The van der Waals surface area contributed by atoms with Crippen LogP contribution in [-0.2, 0) is 38.1 Å². The predicted molar refractivity (Wildman–Crippen MR) is 105 cm³/mol. The lowest BCUT2D eigenvalue weighted by Gasteiger charge is -2.21. The van der Waals surface area contributed by atoms with Gasteiger partial charge in [-0.2, -0.15) is 8.62 Å². The van der Waals surface area contributed by atoms with Crippen molar-refractivity contribution < 1.29 is 61.4 Å². The third-order valence-electron chi connectivity index (χ3n) is 4.11. The number of aliphatic hydroxyl groups excluding tert-OH is 2. The molecule has 1 aromatic rings. The van der Waals surface area contributed by atoms with Gasteiger partial charge in [0, 0.05) is 12.6 Å². The summed E-state index contributed by atoms with van der Waals surface area (Å²) < 4.78 is 52.0. The maximum atomic E-state index is 12.6. The second-order valence-electron chi connectivity index (χ2n) is 6.64. The lowest BCUT2D eigenvalue weighted by Crippen LogP contribution is -2.44. The Morgan fingerprint density at radius 1 is 1.06 bits per heavy atom. The summed E-state index contributed by atoms with van der Waals surface area (Å²) in [5.74, 6) is -0.415. The largest absolute Gasteiger partial charge is 0.490 e. The summed E-state index contributed by atoms with van der Waals surface area (Å²) in [5.41, 5.74) is 4.01. The Morgan fingerprint density at radius 3 is 2.21 bits per heavy atom. The molecule has 2 unspecified atom stereocenters. The van der Waals surface area contributed by atoms with Gasteiger partial charge in [-0.25, -0.2) is 18.5 Å². The number of phosphoric ester groups is 1. The Hall–Kier alpha value is -1.23. The molecule has 2 rings (SSSR count). The molecule has 1 saturated heterocycles. The third kappa shape index (κ3) is 7.13. The average Bonchev–Trinajstić information content (AvgIpc) is 2.89. The van der Waals surface area contributed by atoms with Crippen LogP contribution in [0.5, 0.6) is 0 Å². The van der Waals surface area contributed by atoms with Crippen molar-refractivity contribution >= 4 is 29.3 Å². The second kappa shape index (κ2) is 10.2. The van der Waals surface area contributed by atoms with Gasteiger partial charge in [0.2, 0.25) is 0 Å². The number of hydrogen-bond acceptors (Lipinski definition) is 12. The summed E-state index contributed by atoms with van der Waals surface area (Å²) in [7, 11) is -16.9. The molecule has 33 heavy (non-hydrogen) atoms. The number of nitrogens with two attached hydrogens (primary N) is 1. The first-order valence-corrected chi connectivity index (χ1v) is 13.4. The molecule has 2 heterocycles. The second-order valence-corrected chi connectivity index (χ2v) is 11.1. The van der Waals surface area contributed by atoms with Crippen LogP contribution in [0.3, 0.4) is 0 Å². The summed E-state index contributed by atoms with van der Waals surface area (Å²) in [6.07, 6.45) is -6.58. The van der Waals surface area contributed by atoms with Gasteiger partial charge in [-0.1, -0.05) is 6.92 Å². The van der Waals surface area contributed by atoms with Crippen molar-refractivity contribution in [2.24, 2.45) is 0 Å². The Kier molecular flexibility index (Phi) is 8.64. The van der Waals surface area contributed by atoms with Crippen LogP contribution in [0.4, 0.5) is 5.82 Å². The summed E-state index contributed by atoms with van der Waals surface area (Å²) in [5, 5.41) is 20.4. The Balaban J connectivity index is 2.19. The first-order valence-electron chi connectivity index (χ1n) is 8.90. The lowest BCUT2D eigenvalue weighted by molar-refractivity contribution is -0.0536. The Morgan fingerprint density at radius 2 is 1.67 bits per heavy atom. The van der Waals surface area contributed by atoms with Crippen LogP contribution >= 0.6 is 23.5 Å². The maximum Gasteiger partial charge on any atom is 0.490 e. The molecule has 190 valence electrons. The standard InChI is InChI=1S/C12H22N3O15P3/c1-2-3-14-8(16)4-7(13)15(12(14)19)11-10(18)9(17)6(28-11)5-27-32(23,24)30-33(25,26)29-31(20,21)22/h4,6,9-11,17-18H,2-3,5,13H2,1H3,(H,23,24)(H,25,26)(H2,20,21,22)/t6-,9-,10-,11-/m1/s1. The molecular weight excluding hydrogens is 519 g/mol. The number of nitrogen functional groups attached to an aromatic ring is 1. The van der Waals surface area contributed by atoms with E-state index in [0.29, 0.717) is 11.0 Å². The molecule has 1 fully saturated rings. The van der Waals surface area contributed by atoms with Crippen molar-refractivity contribution in [2.75, 3.05) is 12.3 Å². The van der Waals surface area contributed by atoms with Gasteiger partial charge < -0.3 is 40.3 Å². The van der Waals surface area contributed by atoms with Gasteiger partial charge >= 0.3 is 29.2 Å². The number of aliphatic hydroxyl groups is 2. The molecule has 0 bridgehead atoms. The third-order valence-corrected chi connectivity index (χ3v) is 7.91. The quantitative estimate of drug-likeness (QED) is 0.157. The van der Waals surface area contributed by atoms with E-state index in [9.17, 15) is 38.4 Å². The van der Waals surface area contributed by atoms with E-state index in [2.05, 4.69) is 13.1 Å². The summed E-state index contributed by atoms with van der Waals surface area (Å²) in [6, 6.07) is 0.888. The number of nitrogens with zero attached hydrogens (tertiary/aromatic N) is 2. The highest BCUT2D eigenvalue weighted by Gasteiger charge is 2.47. The van der Waals surface area contributed by atoms with Crippen molar-refractivity contribution in [3.63, 3.8) is 0 Å². The van der Waals surface area contributed by atoms with Crippen molar-refractivity contribution in [1.82, 2.24) is 9.13 Å². The molecule has 1 aliphatic rings. The van der Waals surface area contributed by atoms with Gasteiger partial charge in [-0.05, 0) is 6.42 Å². The molecule has 0 aliphatic carbocycles. The Bertz CT molecular complexity index is 1130. The molecular formula is C12H22N3O15P3. The maximum absolute atomic E-state index is 12.6. The van der Waals surface area contributed by atoms with E-state index in [1.807, 2.05) is 0 Å². The average molecular weight is 541 g/mol. The fraction of sp³-hybridized carbons (Fsp3) is 0.667. The SMILES string of the molecule is CCCn1c(=O)cc(N)n([C@@H]2O[C@H](COP(=O)(O)OP(=O)(O)OP(=O)(O)O)[C@@H](O)[C@H]2O)c1=O. The Labute approximate surface area is 184 Å². The van der Waals surface area contributed by atoms with Gasteiger partial charge in [0.25, 0.3) is 5.56 Å². The fourth-order valence-electron chi connectivity index (χ4n) is 2.85. The number of rotatable bonds is 10. The van der Waals surface area contributed by atoms with Crippen molar-refractivity contribution in [2.45, 2.75) is 44.4 Å². The minimum atomic E-state index is -5.76. The van der Waals surface area contributed by atoms with Crippen LogP contribution < -0.4 is 17.0 Å². The highest BCUT2D eigenvalue weighted by atomic mass is 31.3. The van der Waals surface area contributed by atoms with Crippen molar-refractivity contribution in [1.29, 1.82) is 0 Å². The minimum absolute atomic E-state index is 0.0127. The fourth-order valence-corrected chi connectivity index (χ4v) is 5.87. The van der Waals surface area contributed by atoms with Crippen LogP contribution in [-0.4, -0.2) is 63.8 Å². The van der Waals surface area contributed by atoms with Crippen LogP contribution in [0, 0.1) is 0 Å². The van der Waals surface area contributed by atoms with Gasteiger partial charge in [-0.3, -0.25) is 18.5 Å². The highest BCUT2D eigenvalue weighted by Crippen LogP contribution is 2.66. The molecule has 1 aromatic heterocycles. The minimum Gasteiger partial charge on any atom is -0.387 e. The van der Waals surface area contributed by atoms with E-state index in [0.717, 1.165) is 10.6 Å². The molecule has 0 aromatic carbocycles. The smallest absolute Gasteiger partial charge is 0.387 e. The molecule has 8 N–H and O–H groups in total. The number of hydrogen-bond donors (Lipinski definition) is 7. The summed E-state index contributed by atoms with van der Waals surface area (Å²) >= 11 is 0. The van der Waals surface area contributed by atoms with E-state index < -0.39 is 71.7 Å². The van der Waals surface area contributed by atoms with Gasteiger partial charge in [0.1, 0.15) is 24.1 Å². The first-order chi connectivity index (χ1) is 15.0. The van der Waals surface area contributed by atoms with Crippen LogP contribution in [0.15, 0.2) is 15.7 Å². The van der Waals surface area contributed by atoms with Crippen molar-refractivity contribution in [3.05, 3.63) is 26.9 Å². The zero-order chi connectivity index (χ0) is 25.4. The predicted octanol–water partition coefficient (Wildman–Crippen LogP) is -2.04. The van der Waals surface area contributed by atoms with E-state index in [-0.39, 0.29) is 6.54 Å². The van der Waals surface area contributed by atoms with E-state index >= 15 is 0 Å². The number of phosphoric acid groups is 3. The zero-order valence-electron chi connectivity index (χ0n) is 16.7. The summed E-state index contributed by atoms with van der Waals surface area (Å²) in [6.45, 7) is 0.622. The molecule has 0 radical (unpaired) electrons. The van der Waals surface area contributed by atoms with Gasteiger partial charge in [0.15, 0.2) is 6.23 Å². The molecule has 0 saturated carbocycles. The molecule has 0 spiro atoms.